The van der Waals surface area contributed by atoms with E-state index < -0.39 is 0 Å². The van der Waals surface area contributed by atoms with Crippen LogP contribution in [0.15, 0.2) is 52.4 Å². The van der Waals surface area contributed by atoms with E-state index in [-0.39, 0.29) is 45.9 Å². The second kappa shape index (κ2) is 8.74. The largest absolute Gasteiger partial charge is 0.452 e. The summed E-state index contributed by atoms with van der Waals surface area (Å²) in [4.78, 5) is 52.8. The van der Waals surface area contributed by atoms with E-state index >= 15 is 0 Å². The van der Waals surface area contributed by atoms with Crippen LogP contribution in [0.3, 0.4) is 0 Å². The van der Waals surface area contributed by atoms with Gasteiger partial charge in [-0.25, -0.2) is 9.98 Å². The van der Waals surface area contributed by atoms with Crippen molar-refractivity contribution in [2.45, 2.75) is 0 Å². The summed E-state index contributed by atoms with van der Waals surface area (Å²) in [7, 11) is 9.85. The summed E-state index contributed by atoms with van der Waals surface area (Å²) in [6.45, 7) is 0. The average Bonchev–Trinajstić information content (AvgIpc) is 2.87. The molecule has 0 saturated carbocycles. The van der Waals surface area contributed by atoms with Crippen molar-refractivity contribution in [1.29, 1.82) is 0 Å². The monoisotopic (exact) mass is 499 g/mol. The van der Waals surface area contributed by atoms with E-state index in [9.17, 15) is 14.4 Å². The first-order valence-electron chi connectivity index (χ1n) is 11.5. The van der Waals surface area contributed by atoms with Crippen LogP contribution in [0, 0.1) is 0 Å². The molecule has 188 valence electrons. The van der Waals surface area contributed by atoms with Crippen LogP contribution in [0.1, 0.15) is 31.1 Å². The van der Waals surface area contributed by atoms with Gasteiger partial charge in [-0.3, -0.25) is 14.4 Å². The molecule has 2 aliphatic heterocycles. The second-order valence-corrected chi connectivity index (χ2v) is 9.28. The molecule has 2 heterocycles. The van der Waals surface area contributed by atoms with Crippen molar-refractivity contribution in [1.82, 2.24) is 14.7 Å². The Kier molecular flexibility index (Phi) is 5.66. The molecule has 0 unspecified atom stereocenters. The molecule has 0 aliphatic carbocycles. The number of rotatable bonds is 3. The summed E-state index contributed by atoms with van der Waals surface area (Å²) < 4.78 is 12.5. The standard InChI is InChI=1S/C27H25N5O5/c1-30(2)25(33)14-9-8-12-17-22(14)36-19-13-18-24(20(21(19)29-17)27(35)32(5)6)37-23-15(26(34)31(3)4)10-7-11-16(23)28-18/h7-13H,1-6H3. The average molecular weight is 500 g/mol. The van der Waals surface area contributed by atoms with Gasteiger partial charge in [0.1, 0.15) is 27.7 Å². The molecular weight excluding hydrogens is 474 g/mol. The van der Waals surface area contributed by atoms with E-state index in [1.165, 1.54) is 14.7 Å². The summed E-state index contributed by atoms with van der Waals surface area (Å²) in [5.74, 6) is 0.143. The van der Waals surface area contributed by atoms with Crippen LogP contribution < -0.4 is 20.2 Å². The number of fused-ring (bicyclic) bond motifs is 4. The summed E-state index contributed by atoms with van der Waals surface area (Å²) in [6.07, 6.45) is 0. The maximum Gasteiger partial charge on any atom is 0.259 e. The van der Waals surface area contributed by atoms with Crippen LogP contribution in [-0.2, 0) is 0 Å². The van der Waals surface area contributed by atoms with Crippen LogP contribution in [-0.4, -0.2) is 74.7 Å². The van der Waals surface area contributed by atoms with Gasteiger partial charge in [-0.15, -0.1) is 0 Å². The molecule has 0 atom stereocenters. The maximum absolute atomic E-state index is 13.5. The first-order chi connectivity index (χ1) is 17.6. The van der Waals surface area contributed by atoms with Gasteiger partial charge in [0.05, 0.1) is 11.1 Å². The highest BCUT2D eigenvalue weighted by Crippen LogP contribution is 2.41. The molecule has 0 saturated heterocycles. The van der Waals surface area contributed by atoms with E-state index in [2.05, 4.69) is 0 Å². The molecular formula is C27H25N5O5. The zero-order valence-corrected chi connectivity index (χ0v) is 21.3. The first-order valence-corrected chi connectivity index (χ1v) is 11.5. The Bertz CT molecular complexity index is 1630. The number of benzene rings is 3. The highest BCUT2D eigenvalue weighted by molar-refractivity contribution is 6.01. The van der Waals surface area contributed by atoms with Crippen LogP contribution in [0.25, 0.3) is 0 Å². The van der Waals surface area contributed by atoms with E-state index in [1.54, 1.807) is 84.8 Å². The topological polar surface area (TPSA) is 104 Å². The van der Waals surface area contributed by atoms with Gasteiger partial charge in [0.2, 0.25) is 0 Å². The highest BCUT2D eigenvalue weighted by atomic mass is 16.5. The van der Waals surface area contributed by atoms with Crippen LogP contribution in [0.5, 0.6) is 23.0 Å². The number of para-hydroxylation sites is 2. The third kappa shape index (κ3) is 3.86. The van der Waals surface area contributed by atoms with Gasteiger partial charge in [0.15, 0.2) is 23.0 Å². The number of hydrogen-bond donors (Lipinski definition) is 0. The molecule has 37 heavy (non-hydrogen) atoms. The minimum Gasteiger partial charge on any atom is -0.452 e. The number of carbonyl (C=O) groups is 3. The Balaban J connectivity index is 1.79. The predicted molar refractivity (Wildman–Crippen MR) is 135 cm³/mol. The maximum atomic E-state index is 13.5. The lowest BCUT2D eigenvalue weighted by atomic mass is 10.1. The molecule has 0 radical (unpaired) electrons. The lowest BCUT2D eigenvalue weighted by Crippen LogP contribution is -2.33. The molecule has 0 aromatic heterocycles. The van der Waals surface area contributed by atoms with Gasteiger partial charge < -0.3 is 24.2 Å². The lowest BCUT2D eigenvalue weighted by molar-refractivity contribution is 0.0813. The predicted octanol–water partition coefficient (Wildman–Crippen LogP) is 2.91. The minimum atomic E-state index is -0.375. The van der Waals surface area contributed by atoms with Crippen molar-refractivity contribution >= 4 is 29.1 Å². The highest BCUT2D eigenvalue weighted by Gasteiger charge is 2.31. The number of carbonyl (C=O) groups excluding carboxylic acids is 3. The van der Waals surface area contributed by atoms with Gasteiger partial charge >= 0.3 is 0 Å². The molecule has 2 aliphatic rings. The zero-order valence-electron chi connectivity index (χ0n) is 21.3. The normalized spacial score (nSPS) is 12.2. The molecule has 3 amide bonds. The number of ether oxygens (including phenoxy) is 2. The number of hydrogen-bond acceptors (Lipinski definition) is 7. The van der Waals surface area contributed by atoms with E-state index in [0.717, 1.165) is 0 Å². The Morgan fingerprint density at radius 1 is 0.649 bits per heavy atom. The minimum absolute atomic E-state index is 0.147. The fourth-order valence-electron chi connectivity index (χ4n) is 4.14. The van der Waals surface area contributed by atoms with Gasteiger partial charge in [0, 0.05) is 48.4 Å². The van der Waals surface area contributed by atoms with E-state index in [0.29, 0.717) is 33.6 Å². The smallest absolute Gasteiger partial charge is 0.259 e. The Hall–Kier alpha value is -4.73. The number of nitrogens with zero attached hydrogens (tertiary/aromatic N) is 5. The Morgan fingerprint density at radius 2 is 1.16 bits per heavy atom. The van der Waals surface area contributed by atoms with Gasteiger partial charge in [-0.05, 0) is 24.3 Å². The third-order valence-corrected chi connectivity index (χ3v) is 5.97. The van der Waals surface area contributed by atoms with Crippen molar-refractivity contribution < 1.29 is 23.9 Å². The van der Waals surface area contributed by atoms with E-state index in [4.69, 9.17) is 19.5 Å². The summed E-state index contributed by atoms with van der Waals surface area (Å²) >= 11 is 0. The summed E-state index contributed by atoms with van der Waals surface area (Å²) in [6, 6.07) is 11.8. The quantitative estimate of drug-likeness (QED) is 0.380. The SMILES string of the molecule is CN(C)C(=O)c1cccc2c1Oc1c(C(=O)N(C)C)c3c(cc1=N2)Oc1c(cccc1C(=O)N(C)C)N=3. The van der Waals surface area contributed by atoms with Crippen LogP contribution in [0.2, 0.25) is 0 Å². The van der Waals surface area contributed by atoms with Gasteiger partial charge in [-0.1, -0.05) is 12.1 Å². The van der Waals surface area contributed by atoms with E-state index in [1.807, 2.05) is 0 Å². The van der Waals surface area contributed by atoms with Crippen LogP contribution in [0.4, 0.5) is 11.4 Å². The number of amides is 3. The molecule has 10 nitrogen and oxygen atoms in total. The van der Waals surface area contributed by atoms with Gasteiger partial charge in [0.25, 0.3) is 17.7 Å². The summed E-state index contributed by atoms with van der Waals surface area (Å²) in [5, 5.41) is 0.607. The van der Waals surface area contributed by atoms with Crippen molar-refractivity contribution in [2.75, 3.05) is 42.3 Å². The summed E-state index contributed by atoms with van der Waals surface area (Å²) in [5.41, 5.74) is 1.67. The fourth-order valence-corrected chi connectivity index (χ4v) is 4.14. The molecule has 10 heteroatoms. The Labute approximate surface area is 213 Å². The molecule has 0 bridgehead atoms. The molecule has 3 aromatic carbocycles. The molecule has 0 N–H and O–H groups in total. The first kappa shape index (κ1) is 24.0. The molecule has 0 spiro atoms. The van der Waals surface area contributed by atoms with Crippen molar-refractivity contribution in [3.63, 3.8) is 0 Å². The van der Waals surface area contributed by atoms with Crippen LogP contribution >= 0.6 is 0 Å². The molecule has 3 aromatic rings. The lowest BCUT2D eigenvalue weighted by Gasteiger charge is -2.24. The van der Waals surface area contributed by atoms with Crippen molar-refractivity contribution in [3.8, 4) is 23.0 Å². The van der Waals surface area contributed by atoms with Crippen molar-refractivity contribution in [3.05, 3.63) is 69.9 Å². The second-order valence-electron chi connectivity index (χ2n) is 9.28. The fraction of sp³-hybridized carbons (Fsp3) is 0.222. The third-order valence-electron chi connectivity index (χ3n) is 5.97. The molecule has 0 fully saturated rings. The Morgan fingerprint density at radius 3 is 1.70 bits per heavy atom. The van der Waals surface area contributed by atoms with Gasteiger partial charge in [-0.2, -0.15) is 0 Å². The molecule has 5 rings (SSSR count). The zero-order chi connectivity index (χ0) is 26.6. The van der Waals surface area contributed by atoms with Crippen molar-refractivity contribution in [2.24, 2.45) is 9.98 Å².